The van der Waals surface area contributed by atoms with Crippen molar-refractivity contribution in [2.45, 2.75) is 44.7 Å². The van der Waals surface area contributed by atoms with Gasteiger partial charge in [-0.05, 0) is 42.7 Å². The zero-order valence-electron chi connectivity index (χ0n) is 14.6. The van der Waals surface area contributed by atoms with Gasteiger partial charge in [-0.25, -0.2) is 0 Å². The molecule has 1 aliphatic carbocycles. The number of nitrogens with one attached hydrogen (secondary N) is 2. The van der Waals surface area contributed by atoms with E-state index in [1.165, 1.54) is 32.1 Å². The van der Waals surface area contributed by atoms with Crippen LogP contribution in [0.5, 0.6) is 5.75 Å². The molecule has 0 unspecified atom stereocenters. The lowest BCUT2D eigenvalue weighted by molar-refractivity contribution is 0.0946. The second-order valence-corrected chi connectivity index (χ2v) is 6.44. The van der Waals surface area contributed by atoms with Crippen LogP contribution >= 0.6 is 0 Å². The molecule has 3 rings (SSSR count). The average Bonchev–Trinajstić information content (AvgIpc) is 2.67. The number of carbonyl (C=O) groups is 1. The smallest absolute Gasteiger partial charge is 0.270 e. The molecule has 1 aliphatic rings. The minimum absolute atomic E-state index is 0.164. The second-order valence-electron chi connectivity index (χ2n) is 6.44. The fraction of sp³-hybridized carbons (Fsp3) is 0.400. The third-order valence-corrected chi connectivity index (χ3v) is 4.58. The molecule has 1 fully saturated rings. The predicted octanol–water partition coefficient (Wildman–Crippen LogP) is 3.76. The Morgan fingerprint density at radius 3 is 2.64 bits per heavy atom. The lowest BCUT2D eigenvalue weighted by Gasteiger charge is -2.23. The molecule has 25 heavy (non-hydrogen) atoms. The molecule has 0 spiro atoms. The Hall–Kier alpha value is -2.56. The van der Waals surface area contributed by atoms with Gasteiger partial charge in [-0.2, -0.15) is 0 Å². The van der Waals surface area contributed by atoms with E-state index < -0.39 is 0 Å². The van der Waals surface area contributed by atoms with E-state index in [1.54, 1.807) is 13.3 Å². The van der Waals surface area contributed by atoms with Crippen LogP contribution in [-0.4, -0.2) is 24.0 Å². The Morgan fingerprint density at radius 2 is 1.92 bits per heavy atom. The van der Waals surface area contributed by atoms with Gasteiger partial charge in [-0.15, -0.1) is 0 Å². The Morgan fingerprint density at radius 1 is 1.16 bits per heavy atom. The van der Waals surface area contributed by atoms with Gasteiger partial charge in [0.05, 0.1) is 7.11 Å². The number of carbonyl (C=O) groups excluding carboxylic acids is 1. The van der Waals surface area contributed by atoms with Crippen molar-refractivity contribution in [2.75, 3.05) is 12.4 Å². The van der Waals surface area contributed by atoms with Crippen molar-refractivity contribution in [2.24, 2.45) is 0 Å². The molecule has 0 bridgehead atoms. The van der Waals surface area contributed by atoms with Gasteiger partial charge in [0.1, 0.15) is 11.4 Å². The molecule has 1 heterocycles. The van der Waals surface area contributed by atoms with Crippen molar-refractivity contribution < 1.29 is 9.53 Å². The fourth-order valence-electron chi connectivity index (χ4n) is 3.14. The highest BCUT2D eigenvalue weighted by atomic mass is 16.5. The fourth-order valence-corrected chi connectivity index (χ4v) is 3.14. The number of methoxy groups -OCH3 is 1. The van der Waals surface area contributed by atoms with Crippen LogP contribution in [0.1, 0.15) is 48.2 Å². The summed E-state index contributed by atoms with van der Waals surface area (Å²) < 4.78 is 5.14. The van der Waals surface area contributed by atoms with E-state index in [-0.39, 0.29) is 5.91 Å². The molecule has 0 saturated heterocycles. The van der Waals surface area contributed by atoms with Crippen molar-refractivity contribution in [1.82, 2.24) is 10.3 Å². The van der Waals surface area contributed by atoms with Gasteiger partial charge in [0.2, 0.25) is 0 Å². The number of nitrogens with zero attached hydrogens (tertiary/aromatic N) is 1. The maximum Gasteiger partial charge on any atom is 0.270 e. The molecule has 5 nitrogen and oxygen atoms in total. The second kappa shape index (κ2) is 8.51. The molecule has 0 radical (unpaired) electrons. The third-order valence-electron chi connectivity index (χ3n) is 4.58. The Bertz CT molecular complexity index is 694. The van der Waals surface area contributed by atoms with Gasteiger partial charge in [0.15, 0.2) is 0 Å². The lowest BCUT2D eigenvalue weighted by atomic mass is 9.95. The predicted molar refractivity (Wildman–Crippen MR) is 98.9 cm³/mol. The van der Waals surface area contributed by atoms with E-state index in [0.29, 0.717) is 18.3 Å². The van der Waals surface area contributed by atoms with Crippen LogP contribution in [0.15, 0.2) is 42.6 Å². The zero-order valence-corrected chi connectivity index (χ0v) is 14.6. The highest BCUT2D eigenvalue weighted by Gasteiger charge is 2.14. The molecule has 0 atom stereocenters. The summed E-state index contributed by atoms with van der Waals surface area (Å²) in [4.78, 5) is 16.6. The molecule has 1 aromatic heterocycles. The van der Waals surface area contributed by atoms with Crippen molar-refractivity contribution in [3.05, 3.63) is 53.9 Å². The Kier molecular flexibility index (Phi) is 5.88. The van der Waals surface area contributed by atoms with Gasteiger partial charge in [0, 0.05) is 24.5 Å². The summed E-state index contributed by atoms with van der Waals surface area (Å²) in [5.41, 5.74) is 2.43. The number of amides is 1. The molecule has 1 aromatic carbocycles. The van der Waals surface area contributed by atoms with E-state index in [4.69, 9.17) is 4.74 Å². The summed E-state index contributed by atoms with van der Waals surface area (Å²) in [5, 5.41) is 6.44. The Balaban J connectivity index is 1.56. The highest BCUT2D eigenvalue weighted by molar-refractivity contribution is 5.93. The molecule has 1 amide bonds. The minimum atomic E-state index is -0.164. The van der Waals surface area contributed by atoms with E-state index in [0.717, 1.165) is 17.0 Å². The zero-order chi connectivity index (χ0) is 17.5. The SMILES string of the molecule is COc1ccc(CNC(=O)c2cc(NC3CCCCC3)ccn2)cc1. The maximum absolute atomic E-state index is 12.4. The first-order chi connectivity index (χ1) is 12.2. The average molecular weight is 339 g/mol. The first-order valence-electron chi connectivity index (χ1n) is 8.88. The summed E-state index contributed by atoms with van der Waals surface area (Å²) in [6, 6.07) is 11.9. The van der Waals surface area contributed by atoms with E-state index in [1.807, 2.05) is 36.4 Å². The summed E-state index contributed by atoms with van der Waals surface area (Å²) in [7, 11) is 1.64. The van der Waals surface area contributed by atoms with Gasteiger partial charge < -0.3 is 15.4 Å². The highest BCUT2D eigenvalue weighted by Crippen LogP contribution is 2.21. The van der Waals surface area contributed by atoms with Crippen LogP contribution < -0.4 is 15.4 Å². The summed E-state index contributed by atoms with van der Waals surface area (Å²) in [5.74, 6) is 0.640. The van der Waals surface area contributed by atoms with Crippen LogP contribution in [-0.2, 0) is 6.54 Å². The molecule has 2 aromatic rings. The monoisotopic (exact) mass is 339 g/mol. The molecular formula is C20H25N3O2. The molecule has 0 aliphatic heterocycles. The molecule has 1 saturated carbocycles. The van der Waals surface area contributed by atoms with Gasteiger partial charge >= 0.3 is 0 Å². The largest absolute Gasteiger partial charge is 0.497 e. The van der Waals surface area contributed by atoms with Gasteiger partial charge in [-0.1, -0.05) is 31.4 Å². The number of anilines is 1. The minimum Gasteiger partial charge on any atom is -0.497 e. The van der Waals surface area contributed by atoms with E-state index in [2.05, 4.69) is 15.6 Å². The molecule has 2 N–H and O–H groups in total. The number of hydrogen-bond acceptors (Lipinski definition) is 4. The Labute approximate surface area is 148 Å². The molecule has 5 heteroatoms. The van der Waals surface area contributed by atoms with E-state index >= 15 is 0 Å². The number of benzene rings is 1. The van der Waals surface area contributed by atoms with Crippen LogP contribution in [0.4, 0.5) is 5.69 Å². The summed E-state index contributed by atoms with van der Waals surface area (Å²) in [6.07, 6.45) is 7.96. The first-order valence-corrected chi connectivity index (χ1v) is 8.88. The van der Waals surface area contributed by atoms with Crippen LogP contribution in [0.2, 0.25) is 0 Å². The number of aromatic nitrogens is 1. The number of rotatable bonds is 6. The summed E-state index contributed by atoms with van der Waals surface area (Å²) in [6.45, 7) is 0.463. The van der Waals surface area contributed by atoms with Crippen molar-refractivity contribution >= 4 is 11.6 Å². The number of pyridine rings is 1. The van der Waals surface area contributed by atoms with Crippen LogP contribution in [0.3, 0.4) is 0 Å². The topological polar surface area (TPSA) is 63.2 Å². The van der Waals surface area contributed by atoms with Crippen LogP contribution in [0.25, 0.3) is 0 Å². The normalized spacial score (nSPS) is 14.8. The number of hydrogen-bond donors (Lipinski definition) is 2. The van der Waals surface area contributed by atoms with Crippen LogP contribution in [0, 0.1) is 0 Å². The standard InChI is InChI=1S/C20H25N3O2/c1-25-18-9-7-15(8-10-18)14-22-20(24)19-13-17(11-12-21-19)23-16-5-3-2-4-6-16/h7-13,16H,2-6,14H2,1H3,(H,21,23)(H,22,24). The van der Waals surface area contributed by atoms with Crippen molar-refractivity contribution in [3.8, 4) is 5.75 Å². The maximum atomic E-state index is 12.4. The van der Waals surface area contributed by atoms with E-state index in [9.17, 15) is 4.79 Å². The lowest BCUT2D eigenvalue weighted by Crippen LogP contribution is -2.25. The van der Waals surface area contributed by atoms with Crippen molar-refractivity contribution in [1.29, 1.82) is 0 Å². The number of ether oxygens (including phenoxy) is 1. The third kappa shape index (κ3) is 4.95. The first kappa shape index (κ1) is 17.3. The summed E-state index contributed by atoms with van der Waals surface area (Å²) >= 11 is 0. The molecule has 132 valence electrons. The van der Waals surface area contributed by atoms with Crippen molar-refractivity contribution in [3.63, 3.8) is 0 Å². The van der Waals surface area contributed by atoms with Gasteiger partial charge in [0.25, 0.3) is 5.91 Å². The molecular weight excluding hydrogens is 314 g/mol. The van der Waals surface area contributed by atoms with Gasteiger partial charge in [-0.3, -0.25) is 9.78 Å². The quantitative estimate of drug-likeness (QED) is 0.841.